The number of carbonyl (C=O) groups is 2. The van der Waals surface area contributed by atoms with E-state index in [4.69, 9.17) is 4.74 Å². The Bertz CT molecular complexity index is 806. The van der Waals surface area contributed by atoms with Crippen molar-refractivity contribution in [2.75, 3.05) is 5.32 Å². The summed E-state index contributed by atoms with van der Waals surface area (Å²) in [6.07, 6.45) is 1.22. The van der Waals surface area contributed by atoms with Crippen LogP contribution in [0.1, 0.15) is 12.5 Å². The van der Waals surface area contributed by atoms with Crippen molar-refractivity contribution in [2.45, 2.75) is 13.0 Å². The average Bonchev–Trinajstić information content (AvgIpc) is 2.57. The number of anilines is 1. The summed E-state index contributed by atoms with van der Waals surface area (Å²) < 4.78 is 32.0. The lowest BCUT2D eigenvalue weighted by Gasteiger charge is -2.12. The van der Waals surface area contributed by atoms with Gasteiger partial charge in [-0.3, -0.25) is 4.79 Å². The molecule has 0 aromatic heterocycles. The van der Waals surface area contributed by atoms with Gasteiger partial charge in [0.05, 0.1) is 0 Å². The summed E-state index contributed by atoms with van der Waals surface area (Å²) in [5.41, 5.74) is 0.579. The highest BCUT2D eigenvalue weighted by Gasteiger charge is 2.16. The van der Waals surface area contributed by atoms with E-state index >= 15 is 0 Å². The molecule has 2 aromatic rings. The van der Waals surface area contributed by atoms with Gasteiger partial charge in [0.15, 0.2) is 6.10 Å². The van der Waals surface area contributed by atoms with Crippen LogP contribution >= 0.6 is 15.9 Å². The molecule has 0 fully saturated rings. The fourth-order valence-corrected chi connectivity index (χ4v) is 2.22. The van der Waals surface area contributed by atoms with Crippen LogP contribution in [-0.2, 0) is 14.3 Å². The minimum Gasteiger partial charge on any atom is -0.449 e. The van der Waals surface area contributed by atoms with Crippen molar-refractivity contribution in [3.05, 3.63) is 70.2 Å². The van der Waals surface area contributed by atoms with E-state index in [1.165, 1.54) is 55.5 Å². The van der Waals surface area contributed by atoms with Gasteiger partial charge in [0.25, 0.3) is 5.91 Å². The van der Waals surface area contributed by atoms with Crippen molar-refractivity contribution in [1.29, 1.82) is 0 Å². The number of rotatable bonds is 5. The molecule has 0 bridgehead atoms. The number of hydrogen-bond donors (Lipinski definition) is 1. The zero-order valence-corrected chi connectivity index (χ0v) is 14.7. The SMILES string of the molecule is C[C@@H](OC(=O)/C=C/c1cc(Br)ccc1F)C(=O)Nc1ccc(F)cc1. The number of benzene rings is 2. The number of carbonyl (C=O) groups excluding carboxylic acids is 2. The van der Waals surface area contributed by atoms with Crippen molar-refractivity contribution >= 4 is 39.6 Å². The second-order valence-electron chi connectivity index (χ2n) is 5.07. The Balaban J connectivity index is 1.92. The second-order valence-corrected chi connectivity index (χ2v) is 5.99. The first-order valence-electron chi connectivity index (χ1n) is 7.25. The summed E-state index contributed by atoms with van der Waals surface area (Å²) in [5.74, 6) is -2.28. The third kappa shape index (κ3) is 5.79. The Hall–Kier alpha value is -2.54. The molecule has 4 nitrogen and oxygen atoms in total. The van der Waals surface area contributed by atoms with Gasteiger partial charge in [0.2, 0.25) is 0 Å². The predicted octanol–water partition coefficient (Wildman–Crippen LogP) is 4.31. The van der Waals surface area contributed by atoms with Crippen LogP contribution in [0.15, 0.2) is 53.0 Å². The minimum atomic E-state index is -1.07. The second kappa shape index (κ2) is 8.53. The van der Waals surface area contributed by atoms with Crippen LogP contribution in [0.5, 0.6) is 0 Å². The van der Waals surface area contributed by atoms with Crippen LogP contribution in [0.25, 0.3) is 6.08 Å². The lowest BCUT2D eigenvalue weighted by molar-refractivity contribution is -0.148. The van der Waals surface area contributed by atoms with Crippen molar-refractivity contribution in [1.82, 2.24) is 0 Å². The van der Waals surface area contributed by atoms with Gasteiger partial charge < -0.3 is 10.1 Å². The van der Waals surface area contributed by atoms with Crippen LogP contribution < -0.4 is 5.32 Å². The molecule has 0 saturated carbocycles. The number of halogens is 3. The standard InChI is InChI=1S/C18H14BrF2NO3/c1-11(18(24)22-15-6-4-14(20)5-7-15)25-17(23)9-2-12-10-13(19)3-8-16(12)21/h2-11H,1H3,(H,22,24)/b9-2+/t11-/m1/s1. The van der Waals surface area contributed by atoms with Gasteiger partial charge in [-0.1, -0.05) is 15.9 Å². The molecule has 2 aromatic carbocycles. The molecule has 0 spiro atoms. The summed E-state index contributed by atoms with van der Waals surface area (Å²) in [5, 5.41) is 2.49. The average molecular weight is 410 g/mol. The normalized spacial score (nSPS) is 12.0. The van der Waals surface area contributed by atoms with Gasteiger partial charge in [-0.15, -0.1) is 0 Å². The Morgan fingerprint density at radius 2 is 1.84 bits per heavy atom. The van der Waals surface area contributed by atoms with Crippen LogP contribution in [-0.4, -0.2) is 18.0 Å². The van der Waals surface area contributed by atoms with Crippen molar-refractivity contribution in [2.24, 2.45) is 0 Å². The molecule has 0 radical (unpaired) electrons. The maximum absolute atomic E-state index is 13.6. The van der Waals surface area contributed by atoms with Gasteiger partial charge in [-0.25, -0.2) is 13.6 Å². The summed E-state index contributed by atoms with van der Waals surface area (Å²) in [4.78, 5) is 23.7. The number of nitrogens with one attached hydrogen (secondary N) is 1. The lowest BCUT2D eigenvalue weighted by Crippen LogP contribution is -2.29. The van der Waals surface area contributed by atoms with Crippen molar-refractivity contribution in [3.63, 3.8) is 0 Å². The molecule has 0 saturated heterocycles. The molecule has 0 unspecified atom stereocenters. The molecule has 1 N–H and O–H groups in total. The number of amides is 1. The highest BCUT2D eigenvalue weighted by atomic mass is 79.9. The maximum Gasteiger partial charge on any atom is 0.331 e. The Morgan fingerprint density at radius 1 is 1.16 bits per heavy atom. The highest BCUT2D eigenvalue weighted by Crippen LogP contribution is 2.17. The van der Waals surface area contributed by atoms with E-state index in [1.807, 2.05) is 0 Å². The summed E-state index contributed by atoms with van der Waals surface area (Å²) in [6, 6.07) is 9.46. The van der Waals surface area contributed by atoms with Gasteiger partial charge in [-0.2, -0.15) is 0 Å². The zero-order valence-electron chi connectivity index (χ0n) is 13.1. The largest absolute Gasteiger partial charge is 0.449 e. The summed E-state index contributed by atoms with van der Waals surface area (Å²) in [6.45, 7) is 1.39. The molecule has 1 atom stereocenters. The minimum absolute atomic E-state index is 0.203. The third-order valence-electron chi connectivity index (χ3n) is 3.13. The fourth-order valence-electron chi connectivity index (χ4n) is 1.84. The van der Waals surface area contributed by atoms with Crippen LogP contribution in [0, 0.1) is 11.6 Å². The van der Waals surface area contributed by atoms with E-state index in [0.29, 0.717) is 10.2 Å². The Labute approximate surface area is 151 Å². The van der Waals surface area contributed by atoms with Crippen molar-refractivity contribution < 1.29 is 23.1 Å². The van der Waals surface area contributed by atoms with Gasteiger partial charge in [0.1, 0.15) is 11.6 Å². The molecule has 1 amide bonds. The van der Waals surface area contributed by atoms with E-state index in [9.17, 15) is 18.4 Å². The predicted molar refractivity (Wildman–Crippen MR) is 93.7 cm³/mol. The van der Waals surface area contributed by atoms with Gasteiger partial charge >= 0.3 is 5.97 Å². The maximum atomic E-state index is 13.6. The molecule has 130 valence electrons. The highest BCUT2D eigenvalue weighted by molar-refractivity contribution is 9.10. The molecular weight excluding hydrogens is 396 g/mol. The van der Waals surface area contributed by atoms with E-state index in [-0.39, 0.29) is 5.56 Å². The molecule has 0 aliphatic carbocycles. The number of ether oxygens (including phenoxy) is 1. The molecule has 0 aliphatic heterocycles. The first-order chi connectivity index (χ1) is 11.8. The number of hydrogen-bond acceptors (Lipinski definition) is 3. The topological polar surface area (TPSA) is 55.4 Å². The number of esters is 1. The molecule has 0 heterocycles. The smallest absolute Gasteiger partial charge is 0.331 e. The van der Waals surface area contributed by atoms with E-state index in [1.54, 1.807) is 0 Å². The first kappa shape index (κ1) is 18.8. The molecule has 0 aliphatic rings. The summed E-state index contributed by atoms with van der Waals surface area (Å²) >= 11 is 3.21. The van der Waals surface area contributed by atoms with E-state index < -0.39 is 29.6 Å². The van der Waals surface area contributed by atoms with Crippen molar-refractivity contribution in [3.8, 4) is 0 Å². The van der Waals surface area contributed by atoms with Crippen LogP contribution in [0.2, 0.25) is 0 Å². The van der Waals surface area contributed by atoms with Crippen LogP contribution in [0.3, 0.4) is 0 Å². The fraction of sp³-hybridized carbons (Fsp3) is 0.111. The lowest BCUT2D eigenvalue weighted by atomic mass is 10.2. The van der Waals surface area contributed by atoms with E-state index in [2.05, 4.69) is 21.2 Å². The van der Waals surface area contributed by atoms with Crippen LogP contribution in [0.4, 0.5) is 14.5 Å². The Kier molecular flexibility index (Phi) is 6.41. The zero-order chi connectivity index (χ0) is 18.4. The van der Waals surface area contributed by atoms with E-state index in [0.717, 1.165) is 6.08 Å². The molecule has 2 rings (SSSR count). The van der Waals surface area contributed by atoms with Gasteiger partial charge in [-0.05, 0) is 55.5 Å². The first-order valence-corrected chi connectivity index (χ1v) is 8.04. The molecular formula is C18H14BrF2NO3. The third-order valence-corrected chi connectivity index (χ3v) is 3.62. The van der Waals surface area contributed by atoms with Gasteiger partial charge in [0, 0.05) is 21.8 Å². The molecule has 7 heteroatoms. The quantitative estimate of drug-likeness (QED) is 0.591. The Morgan fingerprint density at radius 3 is 2.52 bits per heavy atom. The summed E-state index contributed by atoms with van der Waals surface area (Å²) in [7, 11) is 0. The monoisotopic (exact) mass is 409 g/mol. The molecule has 25 heavy (non-hydrogen) atoms.